The predicted molar refractivity (Wildman–Crippen MR) is 114 cm³/mol. The fourth-order valence-electron chi connectivity index (χ4n) is 3.64. The van der Waals surface area contributed by atoms with Gasteiger partial charge in [0.15, 0.2) is 5.82 Å². The number of benzene rings is 2. The second kappa shape index (κ2) is 8.28. The predicted octanol–water partition coefficient (Wildman–Crippen LogP) is 2.39. The minimum absolute atomic E-state index is 0.281. The van der Waals surface area contributed by atoms with E-state index in [4.69, 9.17) is 0 Å². The highest BCUT2D eigenvalue weighted by molar-refractivity contribution is 5.82. The van der Waals surface area contributed by atoms with Gasteiger partial charge < -0.3 is 0 Å². The molecule has 1 N–H and O–H groups in total. The number of aromatic amines is 1. The number of hydrogen-bond donors (Lipinski definition) is 1. The van der Waals surface area contributed by atoms with E-state index in [2.05, 4.69) is 20.6 Å². The highest BCUT2D eigenvalue weighted by atomic mass is 16.2. The maximum absolute atomic E-state index is 12.9. The molecule has 2 heterocycles. The molecule has 0 aliphatic carbocycles. The topological polar surface area (TPSA) is 98.5 Å². The van der Waals surface area contributed by atoms with E-state index in [1.807, 2.05) is 55.5 Å². The Bertz CT molecular complexity index is 1290. The van der Waals surface area contributed by atoms with Crippen LogP contribution in [0.3, 0.4) is 0 Å². The summed E-state index contributed by atoms with van der Waals surface area (Å²) in [5.74, 6) is 0.575. The molecule has 0 saturated carbocycles. The van der Waals surface area contributed by atoms with Crippen LogP contribution in [0.5, 0.6) is 0 Å². The zero-order chi connectivity index (χ0) is 21.1. The second-order valence-corrected chi connectivity index (χ2v) is 7.10. The first-order chi connectivity index (χ1) is 14.6. The number of tetrazole rings is 1. The third kappa shape index (κ3) is 3.59. The molecule has 152 valence electrons. The van der Waals surface area contributed by atoms with Crippen molar-refractivity contribution >= 4 is 0 Å². The molecule has 0 bridgehead atoms. The zero-order valence-corrected chi connectivity index (χ0v) is 16.9. The van der Waals surface area contributed by atoms with Crippen LogP contribution in [0.2, 0.25) is 0 Å². The number of nitrogens with zero attached hydrogens (tertiary/aromatic N) is 5. The van der Waals surface area contributed by atoms with Crippen molar-refractivity contribution in [1.29, 1.82) is 0 Å². The van der Waals surface area contributed by atoms with Gasteiger partial charge in [0.05, 0.1) is 6.54 Å². The van der Waals surface area contributed by atoms with Gasteiger partial charge in [-0.1, -0.05) is 61.9 Å². The summed E-state index contributed by atoms with van der Waals surface area (Å²) in [5.41, 5.74) is 3.93. The summed E-state index contributed by atoms with van der Waals surface area (Å²) in [7, 11) is 1.51. The number of rotatable bonds is 6. The molecule has 2 aromatic heterocycles. The van der Waals surface area contributed by atoms with E-state index in [1.165, 1.54) is 7.05 Å². The molecule has 8 nitrogen and oxygen atoms in total. The molecule has 0 unspecified atom stereocenters. The minimum atomic E-state index is -0.312. The van der Waals surface area contributed by atoms with Crippen molar-refractivity contribution in [2.24, 2.45) is 7.05 Å². The average Bonchev–Trinajstić information content (AvgIpc) is 3.30. The van der Waals surface area contributed by atoms with Crippen LogP contribution >= 0.6 is 0 Å². The number of H-pyrrole nitrogens is 1. The van der Waals surface area contributed by atoms with E-state index in [9.17, 15) is 9.59 Å². The van der Waals surface area contributed by atoms with Crippen LogP contribution in [0.15, 0.2) is 64.2 Å². The standard InChI is InChI=1S/C22H22N6O2/c1-3-8-16-13-20(29)27(2)22(30)28(16)14-15-9-4-5-10-17(15)18-11-6-7-12-19(18)21-23-25-26-24-21/h4-7,9-13H,3,8,14H2,1-2H3,(H,23,24,25,26). The number of nitrogens with one attached hydrogen (secondary N) is 1. The maximum atomic E-state index is 12.9. The summed E-state index contributed by atoms with van der Waals surface area (Å²) in [6.45, 7) is 2.39. The lowest BCUT2D eigenvalue weighted by Gasteiger charge is -2.17. The zero-order valence-electron chi connectivity index (χ0n) is 16.9. The quantitative estimate of drug-likeness (QED) is 0.534. The maximum Gasteiger partial charge on any atom is 0.331 e. The van der Waals surface area contributed by atoms with Crippen molar-refractivity contribution < 1.29 is 0 Å². The van der Waals surface area contributed by atoms with Gasteiger partial charge in [0.2, 0.25) is 0 Å². The van der Waals surface area contributed by atoms with Crippen molar-refractivity contribution in [3.8, 4) is 22.5 Å². The Kier molecular flexibility index (Phi) is 5.38. The van der Waals surface area contributed by atoms with Crippen molar-refractivity contribution in [2.45, 2.75) is 26.3 Å². The third-order valence-electron chi connectivity index (χ3n) is 5.15. The largest absolute Gasteiger partial charge is 0.331 e. The Hall–Kier alpha value is -3.81. The Labute approximate surface area is 172 Å². The van der Waals surface area contributed by atoms with Gasteiger partial charge >= 0.3 is 5.69 Å². The number of aryl methyl sites for hydroxylation is 1. The van der Waals surface area contributed by atoms with Crippen LogP contribution in [-0.4, -0.2) is 29.8 Å². The van der Waals surface area contributed by atoms with Crippen LogP contribution in [0.25, 0.3) is 22.5 Å². The Morgan fingerprint density at radius 2 is 1.67 bits per heavy atom. The molecule has 0 amide bonds. The fraction of sp³-hybridized carbons (Fsp3) is 0.227. The first kappa shape index (κ1) is 19.5. The first-order valence-corrected chi connectivity index (χ1v) is 9.81. The molecule has 0 aliphatic heterocycles. The van der Waals surface area contributed by atoms with Crippen LogP contribution in [0.1, 0.15) is 24.6 Å². The molecular weight excluding hydrogens is 380 g/mol. The minimum Gasteiger partial charge on any atom is -0.293 e. The SMILES string of the molecule is CCCc1cc(=O)n(C)c(=O)n1Cc1ccccc1-c1ccccc1-c1nnn[nH]1. The molecule has 0 saturated heterocycles. The summed E-state index contributed by atoms with van der Waals surface area (Å²) in [4.78, 5) is 25.0. The van der Waals surface area contributed by atoms with Gasteiger partial charge in [0.1, 0.15) is 0 Å². The normalized spacial score (nSPS) is 11.0. The molecule has 30 heavy (non-hydrogen) atoms. The molecular formula is C22H22N6O2. The van der Waals surface area contributed by atoms with E-state index in [0.717, 1.165) is 38.9 Å². The van der Waals surface area contributed by atoms with Crippen LogP contribution < -0.4 is 11.2 Å². The van der Waals surface area contributed by atoms with Gasteiger partial charge in [0, 0.05) is 24.4 Å². The van der Waals surface area contributed by atoms with Crippen molar-refractivity contribution in [3.05, 3.63) is 86.7 Å². The Balaban J connectivity index is 1.86. The monoisotopic (exact) mass is 402 g/mol. The highest BCUT2D eigenvalue weighted by Gasteiger charge is 2.15. The molecule has 2 aromatic carbocycles. The molecule has 4 rings (SSSR count). The van der Waals surface area contributed by atoms with E-state index in [1.54, 1.807) is 10.6 Å². The summed E-state index contributed by atoms with van der Waals surface area (Å²) in [5, 5.41) is 14.2. The summed E-state index contributed by atoms with van der Waals surface area (Å²) < 4.78 is 2.83. The number of hydrogen-bond acceptors (Lipinski definition) is 5. The van der Waals surface area contributed by atoms with E-state index < -0.39 is 0 Å². The molecule has 0 atom stereocenters. The van der Waals surface area contributed by atoms with E-state index in [0.29, 0.717) is 18.8 Å². The Morgan fingerprint density at radius 1 is 0.967 bits per heavy atom. The lowest BCUT2D eigenvalue weighted by molar-refractivity contribution is 0.606. The molecule has 0 aliphatic rings. The van der Waals surface area contributed by atoms with E-state index in [-0.39, 0.29) is 11.2 Å². The van der Waals surface area contributed by atoms with Crippen LogP contribution in [0, 0.1) is 0 Å². The van der Waals surface area contributed by atoms with Crippen molar-refractivity contribution in [3.63, 3.8) is 0 Å². The summed E-state index contributed by atoms with van der Waals surface area (Å²) in [6.07, 6.45) is 1.50. The lowest BCUT2D eigenvalue weighted by atomic mass is 9.95. The smallest absolute Gasteiger partial charge is 0.293 e. The molecule has 8 heteroatoms. The molecule has 0 fully saturated rings. The molecule has 0 radical (unpaired) electrons. The van der Waals surface area contributed by atoms with E-state index >= 15 is 0 Å². The highest BCUT2D eigenvalue weighted by Crippen LogP contribution is 2.32. The molecule has 0 spiro atoms. The third-order valence-corrected chi connectivity index (χ3v) is 5.15. The van der Waals surface area contributed by atoms with Crippen LogP contribution in [-0.2, 0) is 20.0 Å². The van der Waals surface area contributed by atoms with Crippen molar-refractivity contribution in [2.75, 3.05) is 0 Å². The van der Waals surface area contributed by atoms with Gasteiger partial charge in [-0.05, 0) is 33.5 Å². The summed E-state index contributed by atoms with van der Waals surface area (Å²) in [6, 6.07) is 17.3. The van der Waals surface area contributed by atoms with Gasteiger partial charge in [0.25, 0.3) is 5.56 Å². The second-order valence-electron chi connectivity index (χ2n) is 7.10. The van der Waals surface area contributed by atoms with Gasteiger partial charge in [-0.15, -0.1) is 5.10 Å². The molecule has 4 aromatic rings. The van der Waals surface area contributed by atoms with Crippen LogP contribution in [0.4, 0.5) is 0 Å². The fourth-order valence-corrected chi connectivity index (χ4v) is 3.64. The van der Waals surface area contributed by atoms with Crippen molar-refractivity contribution in [1.82, 2.24) is 29.8 Å². The number of aromatic nitrogens is 6. The van der Waals surface area contributed by atoms with Gasteiger partial charge in [-0.25, -0.2) is 9.89 Å². The lowest BCUT2D eigenvalue weighted by Crippen LogP contribution is -2.39. The first-order valence-electron chi connectivity index (χ1n) is 9.81. The Morgan fingerprint density at radius 3 is 2.37 bits per heavy atom. The van der Waals surface area contributed by atoms with Gasteiger partial charge in [-0.3, -0.25) is 13.9 Å². The summed E-state index contributed by atoms with van der Waals surface area (Å²) >= 11 is 0. The average molecular weight is 402 g/mol. The van der Waals surface area contributed by atoms with Gasteiger partial charge in [-0.2, -0.15) is 0 Å².